The number of likely N-dealkylation sites (tertiary alicyclic amines) is 1. The summed E-state index contributed by atoms with van der Waals surface area (Å²) in [6, 6.07) is 0.112. The van der Waals surface area contributed by atoms with Crippen molar-refractivity contribution < 1.29 is 14.7 Å². The number of fused-ring (bicyclic) bond motifs is 1. The number of amides is 2. The molecule has 2 fully saturated rings. The van der Waals surface area contributed by atoms with Gasteiger partial charge in [0.1, 0.15) is 5.54 Å². The van der Waals surface area contributed by atoms with E-state index in [4.69, 9.17) is 0 Å². The van der Waals surface area contributed by atoms with Gasteiger partial charge in [-0.1, -0.05) is 19.8 Å². The van der Waals surface area contributed by atoms with E-state index in [1.165, 1.54) is 25.7 Å². The fourth-order valence-corrected chi connectivity index (χ4v) is 3.48. The van der Waals surface area contributed by atoms with Gasteiger partial charge in [0.15, 0.2) is 0 Å². The molecule has 1 unspecified atom stereocenters. The molecular formula is C15H26N2O3. The predicted octanol–water partition coefficient (Wildman–Crippen LogP) is 2.60. The van der Waals surface area contributed by atoms with Gasteiger partial charge in [0.05, 0.1) is 0 Å². The van der Waals surface area contributed by atoms with Crippen LogP contribution in [0, 0.1) is 5.92 Å². The van der Waals surface area contributed by atoms with Crippen molar-refractivity contribution in [1.82, 2.24) is 10.2 Å². The van der Waals surface area contributed by atoms with Crippen LogP contribution < -0.4 is 5.32 Å². The van der Waals surface area contributed by atoms with Crippen molar-refractivity contribution in [3.63, 3.8) is 0 Å². The number of carboxylic acid groups (broad SMARTS) is 1. The summed E-state index contributed by atoms with van der Waals surface area (Å²) in [5, 5.41) is 12.0. The van der Waals surface area contributed by atoms with E-state index in [0.29, 0.717) is 18.4 Å². The summed E-state index contributed by atoms with van der Waals surface area (Å²) in [6.07, 6.45) is 7.33. The third-order valence-electron chi connectivity index (χ3n) is 5.07. The highest BCUT2D eigenvalue weighted by molar-refractivity contribution is 5.86. The lowest BCUT2D eigenvalue weighted by Crippen LogP contribution is -2.60. The molecule has 0 aromatic rings. The lowest BCUT2D eigenvalue weighted by Gasteiger charge is -2.44. The van der Waals surface area contributed by atoms with Crippen molar-refractivity contribution in [2.24, 2.45) is 5.92 Å². The summed E-state index contributed by atoms with van der Waals surface area (Å²) in [5.74, 6) is -0.355. The number of nitrogens with one attached hydrogen (secondary N) is 1. The zero-order chi connectivity index (χ0) is 14.8. The Morgan fingerprint density at radius 3 is 2.55 bits per heavy atom. The van der Waals surface area contributed by atoms with Crippen LogP contribution in [0.4, 0.5) is 4.79 Å². The van der Waals surface area contributed by atoms with Crippen LogP contribution in [-0.2, 0) is 4.79 Å². The highest BCUT2D eigenvalue weighted by Gasteiger charge is 2.39. The molecule has 5 nitrogen and oxygen atoms in total. The molecule has 0 bridgehead atoms. The topological polar surface area (TPSA) is 69.6 Å². The third kappa shape index (κ3) is 2.91. The molecule has 1 saturated carbocycles. The second-order valence-corrected chi connectivity index (χ2v) is 6.37. The molecule has 0 spiro atoms. The van der Waals surface area contributed by atoms with E-state index in [9.17, 15) is 14.7 Å². The van der Waals surface area contributed by atoms with E-state index >= 15 is 0 Å². The summed E-state index contributed by atoms with van der Waals surface area (Å²) in [5.41, 5.74) is -1.17. The molecule has 0 radical (unpaired) electrons. The highest BCUT2D eigenvalue weighted by Crippen LogP contribution is 2.35. The summed E-state index contributed by atoms with van der Waals surface area (Å²) in [7, 11) is 0. The molecule has 1 heterocycles. The minimum atomic E-state index is -1.17. The van der Waals surface area contributed by atoms with Crippen LogP contribution in [0.3, 0.4) is 0 Å². The first-order valence-corrected chi connectivity index (χ1v) is 7.80. The van der Waals surface area contributed by atoms with E-state index < -0.39 is 11.5 Å². The predicted molar refractivity (Wildman–Crippen MR) is 76.5 cm³/mol. The Morgan fingerprint density at radius 2 is 1.90 bits per heavy atom. The van der Waals surface area contributed by atoms with Gasteiger partial charge in [-0.25, -0.2) is 9.59 Å². The van der Waals surface area contributed by atoms with E-state index in [-0.39, 0.29) is 6.03 Å². The van der Waals surface area contributed by atoms with Crippen molar-refractivity contribution in [3.8, 4) is 0 Å². The standard InChI is InChI=1S/C15H26N2O3/c1-3-15(2,13(18)19)16-14(20)17-10-6-8-11-7-4-5-9-12(11)17/h11-12H,3-10H2,1-2H3,(H,16,20)(H,18,19)/t11-,12-,15?/m1/s1. The Hall–Kier alpha value is -1.26. The van der Waals surface area contributed by atoms with E-state index in [2.05, 4.69) is 5.32 Å². The van der Waals surface area contributed by atoms with Crippen molar-refractivity contribution in [3.05, 3.63) is 0 Å². The van der Waals surface area contributed by atoms with Crippen LogP contribution in [0.25, 0.3) is 0 Å². The van der Waals surface area contributed by atoms with Gasteiger partial charge < -0.3 is 15.3 Å². The summed E-state index contributed by atoms with van der Waals surface area (Å²) in [4.78, 5) is 25.7. The Balaban J connectivity index is 2.05. The number of hydrogen-bond donors (Lipinski definition) is 2. The maximum atomic E-state index is 12.5. The lowest BCUT2D eigenvalue weighted by atomic mass is 9.78. The molecule has 2 aliphatic rings. The van der Waals surface area contributed by atoms with E-state index in [1.807, 2.05) is 4.90 Å². The van der Waals surface area contributed by atoms with Gasteiger partial charge >= 0.3 is 12.0 Å². The maximum Gasteiger partial charge on any atom is 0.329 e. The second-order valence-electron chi connectivity index (χ2n) is 6.37. The van der Waals surface area contributed by atoms with Crippen LogP contribution >= 0.6 is 0 Å². The van der Waals surface area contributed by atoms with Gasteiger partial charge in [0, 0.05) is 12.6 Å². The minimum absolute atomic E-state index is 0.201. The smallest absolute Gasteiger partial charge is 0.329 e. The highest BCUT2D eigenvalue weighted by atomic mass is 16.4. The molecule has 114 valence electrons. The molecule has 1 aliphatic heterocycles. The molecular weight excluding hydrogens is 256 g/mol. The van der Waals surface area contributed by atoms with Gasteiger partial charge in [0.2, 0.25) is 0 Å². The molecule has 2 amide bonds. The van der Waals surface area contributed by atoms with Gasteiger partial charge in [-0.2, -0.15) is 0 Å². The van der Waals surface area contributed by atoms with E-state index in [0.717, 1.165) is 19.4 Å². The number of carbonyl (C=O) groups excluding carboxylic acids is 1. The minimum Gasteiger partial charge on any atom is -0.480 e. The summed E-state index contributed by atoms with van der Waals surface area (Å²) >= 11 is 0. The Labute approximate surface area is 120 Å². The second kappa shape index (κ2) is 6.02. The molecule has 1 aliphatic carbocycles. The number of carbonyl (C=O) groups is 2. The Kier molecular flexibility index (Phi) is 4.55. The number of hydrogen-bond acceptors (Lipinski definition) is 2. The Morgan fingerprint density at radius 1 is 1.25 bits per heavy atom. The van der Waals surface area contributed by atoms with Gasteiger partial charge in [0.25, 0.3) is 0 Å². The molecule has 1 saturated heterocycles. The SMILES string of the molecule is CCC(C)(NC(=O)N1CCC[C@H]2CCCC[C@H]21)C(=O)O. The third-order valence-corrected chi connectivity index (χ3v) is 5.07. The summed E-state index contributed by atoms with van der Waals surface area (Å²) in [6.45, 7) is 4.12. The first-order valence-electron chi connectivity index (χ1n) is 7.80. The van der Waals surface area contributed by atoms with Crippen molar-refractivity contribution in [1.29, 1.82) is 0 Å². The summed E-state index contributed by atoms with van der Waals surface area (Å²) < 4.78 is 0. The van der Waals surface area contributed by atoms with Gasteiger partial charge in [-0.05, 0) is 44.9 Å². The van der Waals surface area contributed by atoms with Crippen LogP contribution in [0.15, 0.2) is 0 Å². The number of piperidine rings is 1. The molecule has 20 heavy (non-hydrogen) atoms. The molecule has 3 atom stereocenters. The molecule has 0 aromatic carbocycles. The molecule has 0 aromatic heterocycles. The van der Waals surface area contributed by atoms with Crippen LogP contribution in [0.1, 0.15) is 58.8 Å². The maximum absolute atomic E-state index is 12.5. The molecule has 5 heteroatoms. The number of carboxylic acids is 1. The first-order chi connectivity index (χ1) is 9.48. The van der Waals surface area contributed by atoms with Crippen molar-refractivity contribution in [2.45, 2.75) is 70.4 Å². The lowest BCUT2D eigenvalue weighted by molar-refractivity contribution is -0.144. The molecule has 2 N–H and O–H groups in total. The van der Waals surface area contributed by atoms with E-state index in [1.54, 1.807) is 13.8 Å². The van der Waals surface area contributed by atoms with Gasteiger partial charge in [-0.3, -0.25) is 0 Å². The number of aliphatic carboxylic acids is 1. The first kappa shape index (κ1) is 15.1. The van der Waals surface area contributed by atoms with Crippen LogP contribution in [-0.4, -0.2) is 40.1 Å². The van der Waals surface area contributed by atoms with Crippen molar-refractivity contribution in [2.75, 3.05) is 6.54 Å². The normalized spacial score (nSPS) is 29.2. The van der Waals surface area contributed by atoms with Crippen molar-refractivity contribution >= 4 is 12.0 Å². The van der Waals surface area contributed by atoms with Gasteiger partial charge in [-0.15, -0.1) is 0 Å². The van der Waals surface area contributed by atoms with Crippen LogP contribution in [0.2, 0.25) is 0 Å². The number of urea groups is 1. The monoisotopic (exact) mass is 282 g/mol. The average Bonchev–Trinajstić information content (AvgIpc) is 2.46. The fraction of sp³-hybridized carbons (Fsp3) is 0.867. The van der Waals surface area contributed by atoms with Crippen LogP contribution in [0.5, 0.6) is 0 Å². The quantitative estimate of drug-likeness (QED) is 0.836. The Bertz CT molecular complexity index is 383. The zero-order valence-electron chi connectivity index (χ0n) is 12.5. The number of nitrogens with zero attached hydrogens (tertiary/aromatic N) is 1. The molecule has 2 rings (SSSR count). The largest absolute Gasteiger partial charge is 0.480 e. The zero-order valence-corrected chi connectivity index (χ0v) is 12.5. The average molecular weight is 282 g/mol. The number of rotatable bonds is 3. The fourth-order valence-electron chi connectivity index (χ4n) is 3.48.